The molecular formula is C16H10BrN3OS. The molecule has 2 aromatic carbocycles. The Balaban J connectivity index is 2.01. The van der Waals surface area contributed by atoms with Gasteiger partial charge in [0.25, 0.3) is 5.56 Å². The number of rotatable bonds is 1. The topological polar surface area (TPSA) is 47.8 Å². The Morgan fingerprint density at radius 2 is 2.05 bits per heavy atom. The van der Waals surface area contributed by atoms with Gasteiger partial charge in [0.05, 0.1) is 21.8 Å². The molecular weight excluding hydrogens is 362 g/mol. The van der Waals surface area contributed by atoms with Crippen LogP contribution in [0.2, 0.25) is 0 Å². The molecule has 0 bridgehead atoms. The number of hydrogen-bond donors (Lipinski definition) is 0. The van der Waals surface area contributed by atoms with Gasteiger partial charge in [-0.25, -0.2) is 4.98 Å². The molecule has 6 heteroatoms. The number of halogens is 1. The molecule has 0 spiro atoms. The first-order chi connectivity index (χ1) is 10.6. The Hall–Kier alpha value is -2.05. The normalized spacial score (nSPS) is 11.4. The quantitative estimate of drug-likeness (QED) is 0.506. The third kappa shape index (κ3) is 2.07. The van der Waals surface area contributed by atoms with Crippen molar-refractivity contribution in [3.05, 3.63) is 63.0 Å². The molecule has 2 heterocycles. The van der Waals surface area contributed by atoms with Crippen LogP contribution in [0.5, 0.6) is 0 Å². The van der Waals surface area contributed by atoms with E-state index < -0.39 is 0 Å². The van der Waals surface area contributed by atoms with Crippen molar-refractivity contribution in [3.63, 3.8) is 0 Å². The highest BCUT2D eigenvalue weighted by molar-refractivity contribution is 9.10. The van der Waals surface area contributed by atoms with Crippen molar-refractivity contribution < 1.29 is 0 Å². The van der Waals surface area contributed by atoms with Gasteiger partial charge in [0.1, 0.15) is 0 Å². The standard InChI is InChI=1S/C16H10BrN3OS/c1-9-6-12(17)14-13(7-9)22-16(19-14)20-15(21)11-5-3-2-4-10(11)8-18-20/h2-8H,1H3. The van der Waals surface area contributed by atoms with Gasteiger partial charge in [0.15, 0.2) is 0 Å². The number of fused-ring (bicyclic) bond motifs is 2. The van der Waals surface area contributed by atoms with Gasteiger partial charge in [0, 0.05) is 9.86 Å². The van der Waals surface area contributed by atoms with Gasteiger partial charge >= 0.3 is 0 Å². The lowest BCUT2D eigenvalue weighted by atomic mass is 10.2. The average molecular weight is 372 g/mol. The molecule has 0 atom stereocenters. The summed E-state index contributed by atoms with van der Waals surface area (Å²) in [5.41, 5.74) is 1.85. The Kier molecular flexibility index (Phi) is 3.09. The minimum Gasteiger partial charge on any atom is -0.267 e. The molecule has 22 heavy (non-hydrogen) atoms. The van der Waals surface area contributed by atoms with Crippen molar-refractivity contribution >= 4 is 48.3 Å². The Labute approximate surface area is 138 Å². The van der Waals surface area contributed by atoms with Crippen LogP contribution in [0.3, 0.4) is 0 Å². The maximum absolute atomic E-state index is 12.6. The van der Waals surface area contributed by atoms with E-state index in [1.807, 2.05) is 37.3 Å². The Bertz CT molecular complexity index is 1080. The molecule has 0 aliphatic carbocycles. The summed E-state index contributed by atoms with van der Waals surface area (Å²) < 4.78 is 3.33. The van der Waals surface area contributed by atoms with E-state index in [-0.39, 0.29) is 5.56 Å². The van der Waals surface area contributed by atoms with Crippen molar-refractivity contribution in [2.45, 2.75) is 6.92 Å². The maximum Gasteiger partial charge on any atom is 0.281 e. The van der Waals surface area contributed by atoms with Crippen LogP contribution in [0, 0.1) is 6.92 Å². The molecule has 4 nitrogen and oxygen atoms in total. The van der Waals surface area contributed by atoms with Crippen molar-refractivity contribution in [1.82, 2.24) is 14.8 Å². The molecule has 4 aromatic rings. The molecule has 0 N–H and O–H groups in total. The summed E-state index contributed by atoms with van der Waals surface area (Å²) in [6, 6.07) is 11.5. The predicted octanol–water partition coefficient (Wildman–Crippen LogP) is 4.07. The van der Waals surface area contributed by atoms with Gasteiger partial charge in [0.2, 0.25) is 5.13 Å². The number of nitrogens with zero attached hydrogens (tertiary/aromatic N) is 3. The zero-order valence-corrected chi connectivity index (χ0v) is 14.0. The lowest BCUT2D eigenvalue weighted by Gasteiger charge is -2.01. The molecule has 0 saturated carbocycles. The zero-order valence-electron chi connectivity index (χ0n) is 11.6. The first-order valence-corrected chi connectivity index (χ1v) is 8.28. The molecule has 0 radical (unpaired) electrons. The molecule has 0 saturated heterocycles. The molecule has 108 valence electrons. The molecule has 0 unspecified atom stereocenters. The van der Waals surface area contributed by atoms with Crippen LogP contribution in [-0.4, -0.2) is 14.8 Å². The second kappa shape index (κ2) is 5.00. The highest BCUT2D eigenvalue weighted by Crippen LogP contribution is 2.31. The maximum atomic E-state index is 12.6. The number of aryl methyl sites for hydroxylation is 1. The fourth-order valence-corrected chi connectivity index (χ4v) is 4.27. The van der Waals surface area contributed by atoms with Gasteiger partial charge in [-0.1, -0.05) is 29.5 Å². The van der Waals surface area contributed by atoms with Crippen LogP contribution in [-0.2, 0) is 0 Å². The SMILES string of the molecule is Cc1cc(Br)c2nc(-n3ncc4ccccc4c3=O)sc2c1. The predicted molar refractivity (Wildman–Crippen MR) is 93.0 cm³/mol. The van der Waals surface area contributed by atoms with Gasteiger partial charge in [-0.2, -0.15) is 9.78 Å². The van der Waals surface area contributed by atoms with Crippen LogP contribution in [0.15, 0.2) is 51.9 Å². The zero-order chi connectivity index (χ0) is 15.3. The molecule has 0 aliphatic heterocycles. The number of thiazole rings is 1. The summed E-state index contributed by atoms with van der Waals surface area (Å²) in [6.45, 7) is 2.03. The van der Waals surface area contributed by atoms with Gasteiger partial charge in [-0.3, -0.25) is 4.79 Å². The minimum atomic E-state index is -0.148. The Morgan fingerprint density at radius 3 is 2.91 bits per heavy atom. The summed E-state index contributed by atoms with van der Waals surface area (Å²) in [7, 11) is 0. The van der Waals surface area contributed by atoms with Gasteiger partial charge < -0.3 is 0 Å². The van der Waals surface area contributed by atoms with E-state index in [0.717, 1.165) is 25.6 Å². The fourth-order valence-electron chi connectivity index (χ4n) is 2.42. The monoisotopic (exact) mass is 371 g/mol. The van der Waals surface area contributed by atoms with Crippen LogP contribution >= 0.6 is 27.3 Å². The summed E-state index contributed by atoms with van der Waals surface area (Å²) in [6.07, 6.45) is 1.70. The van der Waals surface area contributed by atoms with Crippen molar-refractivity contribution in [3.8, 4) is 5.13 Å². The number of aromatic nitrogens is 3. The van der Waals surface area contributed by atoms with E-state index >= 15 is 0 Å². The smallest absolute Gasteiger partial charge is 0.267 e. The first kappa shape index (κ1) is 13.6. The molecule has 0 amide bonds. The third-order valence-electron chi connectivity index (χ3n) is 3.46. The summed E-state index contributed by atoms with van der Waals surface area (Å²) >= 11 is 4.99. The lowest BCUT2D eigenvalue weighted by Crippen LogP contribution is -2.20. The van der Waals surface area contributed by atoms with Crippen molar-refractivity contribution in [2.75, 3.05) is 0 Å². The van der Waals surface area contributed by atoms with Crippen molar-refractivity contribution in [2.24, 2.45) is 0 Å². The van der Waals surface area contributed by atoms with Crippen LogP contribution < -0.4 is 5.56 Å². The van der Waals surface area contributed by atoms with E-state index in [9.17, 15) is 4.79 Å². The number of hydrogen-bond acceptors (Lipinski definition) is 4. The lowest BCUT2D eigenvalue weighted by molar-refractivity contribution is 0.815. The van der Waals surface area contributed by atoms with Crippen LogP contribution in [0.1, 0.15) is 5.56 Å². The largest absolute Gasteiger partial charge is 0.281 e. The molecule has 2 aromatic heterocycles. The van der Waals surface area contributed by atoms with E-state index in [1.165, 1.54) is 16.0 Å². The first-order valence-electron chi connectivity index (χ1n) is 6.67. The van der Waals surface area contributed by atoms with Crippen LogP contribution in [0.4, 0.5) is 0 Å². The highest BCUT2D eigenvalue weighted by atomic mass is 79.9. The molecule has 0 fully saturated rings. The van der Waals surface area contributed by atoms with Crippen molar-refractivity contribution in [1.29, 1.82) is 0 Å². The van der Waals surface area contributed by atoms with E-state index in [0.29, 0.717) is 10.5 Å². The average Bonchev–Trinajstić information content (AvgIpc) is 2.92. The van der Waals surface area contributed by atoms with E-state index in [1.54, 1.807) is 6.20 Å². The second-order valence-corrected chi connectivity index (χ2v) is 6.90. The molecule has 0 aliphatic rings. The Morgan fingerprint density at radius 1 is 1.23 bits per heavy atom. The highest BCUT2D eigenvalue weighted by Gasteiger charge is 2.12. The van der Waals surface area contributed by atoms with E-state index in [4.69, 9.17) is 0 Å². The van der Waals surface area contributed by atoms with Gasteiger partial charge in [-0.05, 0) is 46.6 Å². The van der Waals surface area contributed by atoms with Crippen LogP contribution in [0.25, 0.3) is 26.1 Å². The second-order valence-electron chi connectivity index (χ2n) is 5.04. The summed E-state index contributed by atoms with van der Waals surface area (Å²) in [5.74, 6) is 0. The molecule has 4 rings (SSSR count). The minimum absolute atomic E-state index is 0.148. The fraction of sp³-hybridized carbons (Fsp3) is 0.0625. The summed E-state index contributed by atoms with van der Waals surface area (Å²) in [4.78, 5) is 17.2. The van der Waals surface area contributed by atoms with E-state index in [2.05, 4.69) is 32.1 Å². The number of benzene rings is 2. The van der Waals surface area contributed by atoms with Gasteiger partial charge in [-0.15, -0.1) is 0 Å². The third-order valence-corrected chi connectivity index (χ3v) is 5.04. The summed E-state index contributed by atoms with van der Waals surface area (Å²) in [5, 5.41) is 6.32.